The van der Waals surface area contributed by atoms with Gasteiger partial charge in [0.05, 0.1) is 32.4 Å². The lowest BCUT2D eigenvalue weighted by Gasteiger charge is -2.29. The van der Waals surface area contributed by atoms with E-state index in [0.29, 0.717) is 35.9 Å². The molecule has 8 heteroatoms. The summed E-state index contributed by atoms with van der Waals surface area (Å²) in [6.07, 6.45) is 0. The van der Waals surface area contributed by atoms with Crippen LogP contribution in [-0.4, -0.2) is 57.4 Å². The second kappa shape index (κ2) is 9.27. The molecule has 2 N–H and O–H groups in total. The molecule has 1 aliphatic rings. The Hall–Kier alpha value is -2.74. The van der Waals surface area contributed by atoms with E-state index < -0.39 is 12.0 Å². The van der Waals surface area contributed by atoms with Crippen molar-refractivity contribution in [2.45, 2.75) is 26.4 Å². The zero-order valence-electron chi connectivity index (χ0n) is 16.4. The maximum atomic E-state index is 12.3. The molecular formula is C19H27N3O5. The molecule has 2 rings (SSSR count). The van der Waals surface area contributed by atoms with E-state index in [9.17, 15) is 9.59 Å². The maximum Gasteiger partial charge on any atom is 0.337 e. The molecule has 0 aromatic heterocycles. The van der Waals surface area contributed by atoms with Crippen LogP contribution in [0, 0.1) is 0 Å². The highest BCUT2D eigenvalue weighted by Crippen LogP contribution is 2.28. The number of methoxy groups -OCH3 is 2. The quantitative estimate of drug-likeness (QED) is 0.670. The third-order valence-corrected chi connectivity index (χ3v) is 4.19. The molecule has 148 valence electrons. The molecule has 1 heterocycles. The number of carbonyl (C=O) groups is 2. The number of ether oxygens (including phenoxy) is 3. The third kappa shape index (κ3) is 5.13. The molecule has 27 heavy (non-hydrogen) atoms. The van der Waals surface area contributed by atoms with Gasteiger partial charge < -0.3 is 24.8 Å². The van der Waals surface area contributed by atoms with Gasteiger partial charge in [-0.2, -0.15) is 0 Å². The molecule has 1 aliphatic heterocycles. The molecule has 1 aromatic carbocycles. The van der Waals surface area contributed by atoms with Crippen molar-refractivity contribution in [2.75, 3.05) is 34.4 Å². The zero-order valence-corrected chi connectivity index (χ0v) is 16.4. The molecule has 0 saturated heterocycles. The minimum atomic E-state index is -0.424. The fourth-order valence-corrected chi connectivity index (χ4v) is 3.02. The lowest BCUT2D eigenvalue weighted by Crippen LogP contribution is -2.51. The Bertz CT molecular complexity index is 732. The highest BCUT2D eigenvalue weighted by atomic mass is 16.5. The van der Waals surface area contributed by atoms with Gasteiger partial charge in [-0.3, -0.25) is 4.90 Å². The first-order valence-electron chi connectivity index (χ1n) is 8.76. The highest BCUT2D eigenvalue weighted by molar-refractivity contribution is 5.94. The number of hydrogen-bond donors (Lipinski definition) is 2. The number of urea groups is 1. The molecule has 0 saturated carbocycles. The van der Waals surface area contributed by atoms with E-state index in [0.717, 1.165) is 5.56 Å². The predicted octanol–water partition coefficient (Wildman–Crippen LogP) is 1.65. The maximum absolute atomic E-state index is 12.3. The largest absolute Gasteiger partial charge is 0.493 e. The van der Waals surface area contributed by atoms with Crippen molar-refractivity contribution in [2.24, 2.45) is 0 Å². The van der Waals surface area contributed by atoms with Crippen molar-refractivity contribution in [1.29, 1.82) is 0 Å². The fourth-order valence-electron chi connectivity index (χ4n) is 3.02. The summed E-state index contributed by atoms with van der Waals surface area (Å²) in [4.78, 5) is 26.1. The number of esters is 1. The second-order valence-corrected chi connectivity index (χ2v) is 6.29. The Morgan fingerprint density at radius 1 is 1.19 bits per heavy atom. The van der Waals surface area contributed by atoms with Crippen LogP contribution in [0.25, 0.3) is 0 Å². The number of nitrogens with one attached hydrogen (secondary N) is 2. The first-order chi connectivity index (χ1) is 12.9. The second-order valence-electron chi connectivity index (χ2n) is 6.29. The topological polar surface area (TPSA) is 89.1 Å². The molecule has 0 aliphatic carbocycles. The summed E-state index contributed by atoms with van der Waals surface area (Å²) < 4.78 is 15.7. The fraction of sp³-hybridized carbons (Fsp3) is 0.474. The van der Waals surface area contributed by atoms with E-state index in [1.165, 1.54) is 0 Å². The molecule has 8 nitrogen and oxygen atoms in total. The number of likely N-dealkylation sites (N-methyl/N-ethyl adjacent to an activating group) is 1. The van der Waals surface area contributed by atoms with E-state index in [4.69, 9.17) is 14.2 Å². The zero-order chi connectivity index (χ0) is 20.0. The standard InChI is InChI=1S/C19H27N3O5/c1-6-27-18(23)17-12(2)20-19(24)21-14(17)11-22(3)10-13-7-8-15(25-4)16(9-13)26-5/h7-9,12H,6,10-11H2,1-5H3,(H2,20,21,24). The van der Waals surface area contributed by atoms with Crippen molar-refractivity contribution in [1.82, 2.24) is 15.5 Å². The summed E-state index contributed by atoms with van der Waals surface area (Å²) in [5.74, 6) is 0.890. The Morgan fingerprint density at radius 2 is 1.89 bits per heavy atom. The van der Waals surface area contributed by atoms with Crippen LogP contribution in [0.4, 0.5) is 4.79 Å². The van der Waals surface area contributed by atoms with Gasteiger partial charge in [0.1, 0.15) is 0 Å². The summed E-state index contributed by atoms with van der Waals surface area (Å²) in [6.45, 7) is 4.77. The Kier molecular flexibility index (Phi) is 7.06. The predicted molar refractivity (Wildman–Crippen MR) is 101 cm³/mol. The van der Waals surface area contributed by atoms with Crippen LogP contribution in [0.1, 0.15) is 19.4 Å². The molecule has 1 atom stereocenters. The summed E-state index contributed by atoms with van der Waals surface area (Å²) in [5, 5.41) is 5.43. The van der Waals surface area contributed by atoms with Crippen molar-refractivity contribution in [3.05, 3.63) is 35.0 Å². The van der Waals surface area contributed by atoms with Gasteiger partial charge in [0.25, 0.3) is 0 Å². The van der Waals surface area contributed by atoms with Crippen LogP contribution in [-0.2, 0) is 16.1 Å². The van der Waals surface area contributed by atoms with Crippen molar-refractivity contribution in [3.63, 3.8) is 0 Å². The number of hydrogen-bond acceptors (Lipinski definition) is 6. The van der Waals surface area contributed by atoms with Gasteiger partial charge in [0.15, 0.2) is 11.5 Å². The molecule has 0 spiro atoms. The SMILES string of the molecule is CCOC(=O)C1=C(CN(C)Cc2ccc(OC)c(OC)c2)NC(=O)NC1C. The van der Waals surface area contributed by atoms with Crippen LogP contribution in [0.2, 0.25) is 0 Å². The van der Waals surface area contributed by atoms with Gasteiger partial charge in [-0.25, -0.2) is 9.59 Å². The van der Waals surface area contributed by atoms with Gasteiger partial charge in [-0.15, -0.1) is 0 Å². The smallest absolute Gasteiger partial charge is 0.337 e. The Labute approximate surface area is 159 Å². The summed E-state index contributed by atoms with van der Waals surface area (Å²) in [6, 6.07) is 4.95. The van der Waals surface area contributed by atoms with E-state index >= 15 is 0 Å². The molecular weight excluding hydrogens is 350 g/mol. The molecule has 0 bridgehead atoms. The van der Waals surface area contributed by atoms with Crippen LogP contribution in [0.15, 0.2) is 29.5 Å². The lowest BCUT2D eigenvalue weighted by atomic mass is 10.0. The van der Waals surface area contributed by atoms with E-state index in [2.05, 4.69) is 10.6 Å². The van der Waals surface area contributed by atoms with E-state index in [-0.39, 0.29) is 12.6 Å². The molecule has 1 unspecified atom stereocenters. The van der Waals surface area contributed by atoms with Gasteiger partial charge in [0, 0.05) is 18.8 Å². The number of rotatable bonds is 8. The normalized spacial score (nSPS) is 16.7. The van der Waals surface area contributed by atoms with Crippen LogP contribution in [0.3, 0.4) is 0 Å². The van der Waals surface area contributed by atoms with Crippen molar-refractivity contribution >= 4 is 12.0 Å². The lowest BCUT2D eigenvalue weighted by molar-refractivity contribution is -0.139. The monoisotopic (exact) mass is 377 g/mol. The van der Waals surface area contributed by atoms with Crippen LogP contribution < -0.4 is 20.1 Å². The Balaban J connectivity index is 2.18. The molecule has 0 radical (unpaired) electrons. The molecule has 1 aromatic rings. The summed E-state index contributed by atoms with van der Waals surface area (Å²) in [5.41, 5.74) is 2.00. The third-order valence-electron chi connectivity index (χ3n) is 4.19. The van der Waals surface area contributed by atoms with Gasteiger partial charge in [0.2, 0.25) is 0 Å². The van der Waals surface area contributed by atoms with Crippen molar-refractivity contribution < 1.29 is 23.8 Å². The van der Waals surface area contributed by atoms with Crippen molar-refractivity contribution in [3.8, 4) is 11.5 Å². The molecule has 2 amide bonds. The average Bonchev–Trinajstić information content (AvgIpc) is 2.61. The minimum absolute atomic E-state index is 0.276. The van der Waals surface area contributed by atoms with Gasteiger partial charge >= 0.3 is 12.0 Å². The molecule has 0 fully saturated rings. The first-order valence-corrected chi connectivity index (χ1v) is 8.76. The number of amides is 2. The summed E-state index contributed by atoms with van der Waals surface area (Å²) >= 11 is 0. The van der Waals surface area contributed by atoms with E-state index in [1.807, 2.05) is 30.1 Å². The summed E-state index contributed by atoms with van der Waals surface area (Å²) in [7, 11) is 5.09. The number of benzene rings is 1. The van der Waals surface area contributed by atoms with Crippen LogP contribution >= 0.6 is 0 Å². The van der Waals surface area contributed by atoms with Gasteiger partial charge in [-0.1, -0.05) is 6.07 Å². The van der Waals surface area contributed by atoms with Crippen LogP contribution in [0.5, 0.6) is 11.5 Å². The minimum Gasteiger partial charge on any atom is -0.493 e. The Morgan fingerprint density at radius 3 is 2.52 bits per heavy atom. The average molecular weight is 377 g/mol. The highest BCUT2D eigenvalue weighted by Gasteiger charge is 2.30. The van der Waals surface area contributed by atoms with Gasteiger partial charge in [-0.05, 0) is 38.6 Å². The first kappa shape index (κ1) is 20.6. The number of carbonyl (C=O) groups excluding carboxylic acids is 2. The van der Waals surface area contributed by atoms with E-state index in [1.54, 1.807) is 28.1 Å². The number of nitrogens with zero attached hydrogens (tertiary/aromatic N) is 1.